The fourth-order valence-corrected chi connectivity index (χ4v) is 1.49. The molecule has 1 aromatic carbocycles. The highest BCUT2D eigenvalue weighted by Crippen LogP contribution is 2.25. The van der Waals surface area contributed by atoms with E-state index in [1.54, 1.807) is 12.1 Å². The summed E-state index contributed by atoms with van der Waals surface area (Å²) in [5, 5.41) is 6.22. The highest BCUT2D eigenvalue weighted by molar-refractivity contribution is 7.78. The molecule has 0 amide bonds. The normalized spacial score (nSPS) is 9.71. The van der Waals surface area contributed by atoms with Crippen LogP contribution in [0, 0.1) is 0 Å². The Morgan fingerprint density at radius 3 is 3.00 bits per heavy atom. The molecule has 0 saturated carbocycles. The number of hydrogen-bond donors (Lipinski definition) is 0. The van der Waals surface area contributed by atoms with Crippen LogP contribution in [-0.4, -0.2) is 11.7 Å². The van der Waals surface area contributed by atoms with Crippen molar-refractivity contribution >= 4 is 40.7 Å². The Labute approximate surface area is 109 Å². The van der Waals surface area contributed by atoms with E-state index in [4.69, 9.17) is 17.1 Å². The Balaban J connectivity index is 2.70. The number of rotatable bonds is 5. The summed E-state index contributed by atoms with van der Waals surface area (Å²) in [6, 6.07) is 5.44. The first-order valence-corrected chi connectivity index (χ1v) is 5.61. The lowest BCUT2D eigenvalue weighted by molar-refractivity contribution is 0.996. The maximum atomic E-state index is 8.09. The molecule has 0 atom stereocenters. The Kier molecular flexibility index (Phi) is 6.00. The number of azide groups is 1. The van der Waals surface area contributed by atoms with Gasteiger partial charge in [0.05, 0.1) is 15.9 Å². The summed E-state index contributed by atoms with van der Waals surface area (Å²) < 4.78 is 0. The molecule has 0 aliphatic rings. The summed E-state index contributed by atoms with van der Waals surface area (Å²) in [5.41, 5.74) is 9.65. The van der Waals surface area contributed by atoms with Crippen LogP contribution >= 0.6 is 23.8 Å². The van der Waals surface area contributed by atoms with Gasteiger partial charge in [0.1, 0.15) is 0 Å². The molecule has 0 aromatic heterocycles. The second-order valence-electron chi connectivity index (χ2n) is 3.06. The van der Waals surface area contributed by atoms with E-state index in [2.05, 4.69) is 32.4 Å². The number of halogens is 1. The minimum atomic E-state index is 0.452. The Bertz CT molecular complexity index is 514. The summed E-state index contributed by atoms with van der Waals surface area (Å²) in [6.07, 6.45) is 4.52. The molecule has 0 fully saturated rings. The summed E-state index contributed by atoms with van der Waals surface area (Å²) in [6.45, 7) is 0.452. The molecule has 0 aliphatic carbocycles. The third kappa shape index (κ3) is 4.81. The fourth-order valence-electron chi connectivity index (χ4n) is 1.16. The molecular formula is C11H9ClN4S. The maximum absolute atomic E-state index is 8.09. The number of nitrogens with zero attached hydrogens (tertiary/aromatic N) is 4. The van der Waals surface area contributed by atoms with E-state index < -0.39 is 0 Å². The van der Waals surface area contributed by atoms with Gasteiger partial charge in [0.2, 0.25) is 0 Å². The smallest absolute Gasteiger partial charge is 0.0926 e. The van der Waals surface area contributed by atoms with E-state index in [0.29, 0.717) is 23.7 Å². The molecular weight excluding hydrogens is 256 g/mol. The molecule has 0 spiro atoms. The minimum absolute atomic E-state index is 0.452. The van der Waals surface area contributed by atoms with Gasteiger partial charge in [-0.2, -0.15) is 4.99 Å². The van der Waals surface area contributed by atoms with Crippen molar-refractivity contribution in [1.29, 1.82) is 0 Å². The number of hydrogen-bond acceptors (Lipinski definition) is 3. The molecule has 17 heavy (non-hydrogen) atoms. The minimum Gasteiger partial charge on any atom is -0.193 e. The maximum Gasteiger partial charge on any atom is 0.0926 e. The first kappa shape index (κ1) is 13.4. The second kappa shape index (κ2) is 7.60. The Morgan fingerprint density at radius 2 is 2.35 bits per heavy atom. The van der Waals surface area contributed by atoms with Gasteiger partial charge in [-0.25, -0.2) is 0 Å². The summed E-state index contributed by atoms with van der Waals surface area (Å²) in [4.78, 5) is 6.49. The van der Waals surface area contributed by atoms with E-state index in [9.17, 15) is 0 Å². The molecule has 1 rings (SSSR count). The largest absolute Gasteiger partial charge is 0.193 e. The number of thiocarbonyl (C=S) groups is 1. The zero-order valence-electron chi connectivity index (χ0n) is 8.88. The number of aliphatic imine (C=N–C) groups is 1. The van der Waals surface area contributed by atoms with Crippen LogP contribution in [0.4, 0.5) is 5.69 Å². The Hall–Kier alpha value is -1.64. The van der Waals surface area contributed by atoms with E-state index in [-0.39, 0.29) is 0 Å². The molecule has 4 nitrogen and oxygen atoms in total. The predicted molar refractivity (Wildman–Crippen MR) is 73.8 cm³/mol. The molecule has 86 valence electrons. The van der Waals surface area contributed by atoms with Crippen molar-refractivity contribution in [3.8, 4) is 0 Å². The highest BCUT2D eigenvalue weighted by atomic mass is 35.5. The van der Waals surface area contributed by atoms with Crippen LogP contribution in [0.15, 0.2) is 34.4 Å². The average Bonchev–Trinajstić information content (AvgIpc) is 2.32. The molecule has 6 heteroatoms. The van der Waals surface area contributed by atoms with Gasteiger partial charge in [0, 0.05) is 11.5 Å². The third-order valence-electron chi connectivity index (χ3n) is 1.91. The van der Waals surface area contributed by atoms with Crippen molar-refractivity contribution in [2.45, 2.75) is 6.42 Å². The van der Waals surface area contributed by atoms with Gasteiger partial charge < -0.3 is 0 Å². The van der Waals surface area contributed by atoms with Gasteiger partial charge in [-0.15, -0.1) is 0 Å². The molecule has 0 saturated heterocycles. The molecule has 0 heterocycles. The molecule has 0 N–H and O–H groups in total. The summed E-state index contributed by atoms with van der Waals surface area (Å²) in [5.74, 6) is 0. The number of isothiocyanates is 1. The van der Waals surface area contributed by atoms with Crippen molar-refractivity contribution in [3.63, 3.8) is 0 Å². The van der Waals surface area contributed by atoms with Crippen LogP contribution in [0.1, 0.15) is 12.0 Å². The van der Waals surface area contributed by atoms with Gasteiger partial charge in [-0.1, -0.05) is 34.9 Å². The van der Waals surface area contributed by atoms with Gasteiger partial charge in [-0.05, 0) is 41.9 Å². The first-order chi connectivity index (χ1) is 8.27. The fraction of sp³-hybridized carbons (Fsp3) is 0.182. The van der Waals surface area contributed by atoms with Crippen LogP contribution in [-0.2, 0) is 0 Å². The lowest BCUT2D eigenvalue weighted by atomic mass is 10.2. The van der Waals surface area contributed by atoms with E-state index >= 15 is 0 Å². The zero-order valence-corrected chi connectivity index (χ0v) is 10.4. The summed E-state index contributed by atoms with van der Waals surface area (Å²) in [7, 11) is 0. The lowest BCUT2D eigenvalue weighted by Gasteiger charge is -1.98. The third-order valence-corrected chi connectivity index (χ3v) is 2.30. The first-order valence-electron chi connectivity index (χ1n) is 4.82. The van der Waals surface area contributed by atoms with E-state index in [0.717, 1.165) is 5.56 Å². The highest BCUT2D eigenvalue weighted by Gasteiger charge is 1.97. The predicted octanol–water partition coefficient (Wildman–Crippen LogP) is 4.79. The quantitative estimate of drug-likeness (QED) is 0.188. The SMILES string of the molecule is [N-]=[N+]=NCCC=Cc1ccc(N=C=S)c(Cl)c1. The van der Waals surface area contributed by atoms with Crippen LogP contribution in [0.25, 0.3) is 16.5 Å². The molecule has 0 unspecified atom stereocenters. The zero-order chi connectivity index (χ0) is 12.5. The lowest BCUT2D eigenvalue weighted by Crippen LogP contribution is -1.76. The molecule has 1 aromatic rings. The van der Waals surface area contributed by atoms with Crippen molar-refractivity contribution in [2.24, 2.45) is 10.1 Å². The van der Waals surface area contributed by atoms with Crippen LogP contribution < -0.4 is 0 Å². The standard InChI is InChI=1S/C11H9ClN4S/c12-10-7-9(3-1-2-6-15-16-13)4-5-11(10)14-8-17/h1,3-5,7H,2,6H2. The van der Waals surface area contributed by atoms with E-state index in [1.807, 2.05) is 18.2 Å². The molecule has 0 bridgehead atoms. The van der Waals surface area contributed by atoms with Crippen LogP contribution in [0.5, 0.6) is 0 Å². The van der Waals surface area contributed by atoms with Gasteiger partial charge in [0.25, 0.3) is 0 Å². The van der Waals surface area contributed by atoms with Gasteiger partial charge >= 0.3 is 0 Å². The number of benzene rings is 1. The topological polar surface area (TPSA) is 61.1 Å². The van der Waals surface area contributed by atoms with Crippen LogP contribution in [0.2, 0.25) is 5.02 Å². The van der Waals surface area contributed by atoms with Gasteiger partial charge in [0.15, 0.2) is 0 Å². The second-order valence-corrected chi connectivity index (χ2v) is 3.65. The molecule has 0 aliphatic heterocycles. The van der Waals surface area contributed by atoms with Crippen molar-refractivity contribution in [1.82, 2.24) is 0 Å². The monoisotopic (exact) mass is 264 g/mol. The van der Waals surface area contributed by atoms with E-state index in [1.165, 1.54) is 0 Å². The molecule has 0 radical (unpaired) electrons. The van der Waals surface area contributed by atoms with Crippen molar-refractivity contribution in [3.05, 3.63) is 45.3 Å². The van der Waals surface area contributed by atoms with Crippen molar-refractivity contribution < 1.29 is 0 Å². The van der Waals surface area contributed by atoms with Crippen LogP contribution in [0.3, 0.4) is 0 Å². The van der Waals surface area contributed by atoms with Gasteiger partial charge in [-0.3, -0.25) is 0 Å². The van der Waals surface area contributed by atoms with Crippen molar-refractivity contribution in [2.75, 3.05) is 6.54 Å². The average molecular weight is 265 g/mol. The Morgan fingerprint density at radius 1 is 1.53 bits per heavy atom. The summed E-state index contributed by atoms with van der Waals surface area (Å²) >= 11 is 10.5.